The van der Waals surface area contributed by atoms with Crippen molar-refractivity contribution in [3.63, 3.8) is 0 Å². The second-order valence-electron chi connectivity index (χ2n) is 5.45. The third-order valence-electron chi connectivity index (χ3n) is 3.84. The predicted molar refractivity (Wildman–Crippen MR) is 77.7 cm³/mol. The maximum absolute atomic E-state index is 12.6. The summed E-state index contributed by atoms with van der Waals surface area (Å²) in [5, 5.41) is -0.820. The molecule has 1 fully saturated rings. The van der Waals surface area contributed by atoms with Gasteiger partial charge in [-0.25, -0.2) is 0 Å². The molecule has 0 amide bonds. The molecule has 1 saturated carbocycles. The highest BCUT2D eigenvalue weighted by molar-refractivity contribution is 6.67. The Balaban J connectivity index is 2.13. The lowest BCUT2D eigenvalue weighted by atomic mass is 9.74. The van der Waals surface area contributed by atoms with E-state index in [-0.39, 0.29) is 12.0 Å². The number of benzene rings is 1. The summed E-state index contributed by atoms with van der Waals surface area (Å²) in [4.78, 5) is 22.8. The van der Waals surface area contributed by atoms with Crippen molar-refractivity contribution in [2.45, 2.75) is 37.5 Å². The molecule has 3 nitrogen and oxygen atoms in total. The summed E-state index contributed by atoms with van der Waals surface area (Å²) in [5.74, 6) is -0.677. The summed E-state index contributed by atoms with van der Waals surface area (Å²) in [6.45, 7) is 3.37. The molecule has 0 atom stereocenters. The Morgan fingerprint density at radius 1 is 1.22 bits per heavy atom. The first-order valence-electron chi connectivity index (χ1n) is 6.91. The van der Waals surface area contributed by atoms with E-state index in [2.05, 4.69) is 6.58 Å². The Labute approximate surface area is 136 Å². The highest BCUT2D eigenvalue weighted by atomic mass is 35.5. The minimum absolute atomic E-state index is 0.0847. The fourth-order valence-electron chi connectivity index (χ4n) is 2.41. The van der Waals surface area contributed by atoms with Crippen LogP contribution in [0.3, 0.4) is 0 Å². The van der Waals surface area contributed by atoms with Crippen LogP contribution in [0.1, 0.15) is 36.8 Å². The lowest BCUT2D eigenvalue weighted by Crippen LogP contribution is -2.39. The molecule has 1 aliphatic rings. The van der Waals surface area contributed by atoms with Gasteiger partial charge in [0.25, 0.3) is 0 Å². The van der Waals surface area contributed by atoms with Crippen LogP contribution in [0.4, 0.5) is 13.2 Å². The van der Waals surface area contributed by atoms with Crippen molar-refractivity contribution in [3.05, 3.63) is 47.5 Å². The van der Waals surface area contributed by atoms with E-state index in [1.54, 1.807) is 0 Å². The van der Waals surface area contributed by atoms with Gasteiger partial charge >= 0.3 is 12.1 Å². The zero-order valence-corrected chi connectivity index (χ0v) is 12.8. The van der Waals surface area contributed by atoms with Crippen molar-refractivity contribution < 1.29 is 27.5 Å². The normalized spacial score (nSPS) is 16.3. The maximum atomic E-state index is 12.6. The molecular formula is C16H14ClF3O3. The van der Waals surface area contributed by atoms with Crippen molar-refractivity contribution in [1.29, 1.82) is 0 Å². The van der Waals surface area contributed by atoms with Crippen molar-refractivity contribution >= 4 is 22.8 Å². The van der Waals surface area contributed by atoms with Gasteiger partial charge in [0, 0.05) is 5.57 Å². The average Bonchev–Trinajstić information content (AvgIpc) is 2.42. The molecule has 0 bridgehead atoms. The number of carbonyl (C=O) groups is 2. The van der Waals surface area contributed by atoms with E-state index in [1.807, 2.05) is 0 Å². The minimum atomic E-state index is -4.42. The highest BCUT2D eigenvalue weighted by Gasteiger charge is 2.43. The number of alkyl halides is 3. The van der Waals surface area contributed by atoms with E-state index < -0.39 is 28.6 Å². The lowest BCUT2D eigenvalue weighted by Gasteiger charge is -2.41. The molecule has 0 heterocycles. The summed E-state index contributed by atoms with van der Waals surface area (Å²) < 4.78 is 43.2. The standard InChI is InChI=1S/C16H14ClF3O3/c1-10(14(17)22)9-13(21)23-15(7-2-8-15)11-3-5-12(6-4-11)16(18,19)20/h3-6H,1-2,7-9H2. The van der Waals surface area contributed by atoms with Gasteiger partial charge in [-0.05, 0) is 48.6 Å². The van der Waals surface area contributed by atoms with Crippen LogP contribution in [-0.4, -0.2) is 11.2 Å². The number of hydrogen-bond donors (Lipinski definition) is 0. The topological polar surface area (TPSA) is 43.4 Å². The number of hydrogen-bond acceptors (Lipinski definition) is 3. The molecule has 0 N–H and O–H groups in total. The molecule has 124 valence electrons. The predicted octanol–water partition coefficient (Wildman–Crippen LogP) is 4.34. The van der Waals surface area contributed by atoms with Crippen molar-refractivity contribution in [2.75, 3.05) is 0 Å². The Morgan fingerprint density at radius 2 is 1.78 bits per heavy atom. The van der Waals surface area contributed by atoms with E-state index in [0.717, 1.165) is 18.6 Å². The molecular weight excluding hydrogens is 333 g/mol. The number of ether oxygens (including phenoxy) is 1. The first-order chi connectivity index (χ1) is 10.6. The van der Waals surface area contributed by atoms with Crippen molar-refractivity contribution in [2.24, 2.45) is 0 Å². The Bertz CT molecular complexity index is 631. The van der Waals surface area contributed by atoms with E-state index in [9.17, 15) is 22.8 Å². The van der Waals surface area contributed by atoms with Gasteiger partial charge < -0.3 is 4.74 Å². The van der Waals surface area contributed by atoms with E-state index in [0.29, 0.717) is 18.4 Å². The van der Waals surface area contributed by atoms with Crippen LogP contribution in [0.2, 0.25) is 0 Å². The third-order valence-corrected chi connectivity index (χ3v) is 4.11. The zero-order chi connectivity index (χ0) is 17.3. The van der Waals surface area contributed by atoms with Gasteiger partial charge in [-0.2, -0.15) is 13.2 Å². The van der Waals surface area contributed by atoms with Gasteiger partial charge in [0.1, 0.15) is 5.60 Å². The molecule has 0 aliphatic heterocycles. The summed E-state index contributed by atoms with van der Waals surface area (Å²) >= 11 is 5.22. The summed E-state index contributed by atoms with van der Waals surface area (Å²) in [6.07, 6.45) is -2.92. The first kappa shape index (κ1) is 17.5. The molecule has 0 aromatic heterocycles. The second-order valence-corrected chi connectivity index (χ2v) is 5.79. The molecule has 1 aromatic carbocycles. The van der Waals surface area contributed by atoms with Crippen LogP contribution < -0.4 is 0 Å². The summed E-state index contributed by atoms with van der Waals surface area (Å²) in [7, 11) is 0. The van der Waals surface area contributed by atoms with Gasteiger partial charge in [0.15, 0.2) is 0 Å². The van der Waals surface area contributed by atoms with E-state index >= 15 is 0 Å². The summed E-state index contributed by atoms with van der Waals surface area (Å²) in [5.41, 5.74) is -1.27. The van der Waals surface area contributed by atoms with E-state index in [1.165, 1.54) is 12.1 Å². The summed E-state index contributed by atoms with van der Waals surface area (Å²) in [6, 6.07) is 4.56. The SMILES string of the molecule is C=C(CC(=O)OC1(c2ccc(C(F)(F)F)cc2)CCC1)C(=O)Cl. The number of halogens is 4. The largest absolute Gasteiger partial charge is 0.454 e. The molecule has 0 radical (unpaired) electrons. The average molecular weight is 347 g/mol. The van der Waals surface area contributed by atoms with Gasteiger partial charge in [-0.1, -0.05) is 18.7 Å². The Morgan fingerprint density at radius 3 is 2.17 bits per heavy atom. The molecule has 7 heteroatoms. The van der Waals surface area contributed by atoms with Crippen LogP contribution in [0.5, 0.6) is 0 Å². The van der Waals surface area contributed by atoms with Crippen LogP contribution in [-0.2, 0) is 26.1 Å². The number of carbonyl (C=O) groups excluding carboxylic acids is 2. The second kappa shape index (κ2) is 6.35. The molecule has 0 spiro atoms. The molecule has 0 saturated heterocycles. The number of rotatable bonds is 5. The third kappa shape index (κ3) is 3.93. The number of esters is 1. The Kier molecular flexibility index (Phi) is 4.84. The van der Waals surface area contributed by atoms with Crippen molar-refractivity contribution in [3.8, 4) is 0 Å². The molecule has 2 rings (SSSR count). The molecule has 1 aliphatic carbocycles. The molecule has 23 heavy (non-hydrogen) atoms. The molecule has 0 unspecified atom stereocenters. The van der Waals surface area contributed by atoms with Crippen molar-refractivity contribution in [1.82, 2.24) is 0 Å². The van der Waals surface area contributed by atoms with Crippen LogP contribution in [0.15, 0.2) is 36.4 Å². The van der Waals surface area contributed by atoms with Gasteiger partial charge in [-0.15, -0.1) is 0 Å². The Hall–Kier alpha value is -1.82. The molecule has 1 aromatic rings. The highest BCUT2D eigenvalue weighted by Crippen LogP contribution is 2.45. The van der Waals surface area contributed by atoms with Crippen LogP contribution in [0.25, 0.3) is 0 Å². The fourth-order valence-corrected chi connectivity index (χ4v) is 2.48. The van der Waals surface area contributed by atoms with Gasteiger partial charge in [0.05, 0.1) is 12.0 Å². The fraction of sp³-hybridized carbons (Fsp3) is 0.375. The zero-order valence-electron chi connectivity index (χ0n) is 12.1. The monoisotopic (exact) mass is 346 g/mol. The maximum Gasteiger partial charge on any atom is 0.416 e. The van der Waals surface area contributed by atoms with E-state index in [4.69, 9.17) is 16.3 Å². The van der Waals surface area contributed by atoms with Gasteiger partial charge in [0.2, 0.25) is 5.24 Å². The quantitative estimate of drug-likeness (QED) is 0.452. The lowest BCUT2D eigenvalue weighted by molar-refractivity contribution is -0.171. The van der Waals surface area contributed by atoms with Crippen LogP contribution >= 0.6 is 11.6 Å². The minimum Gasteiger partial charge on any atom is -0.454 e. The first-order valence-corrected chi connectivity index (χ1v) is 7.29. The smallest absolute Gasteiger partial charge is 0.416 e. The van der Waals surface area contributed by atoms with Crippen LogP contribution in [0, 0.1) is 0 Å². The van der Waals surface area contributed by atoms with Gasteiger partial charge in [-0.3, -0.25) is 9.59 Å².